The highest BCUT2D eigenvalue weighted by molar-refractivity contribution is 6.75. The van der Waals surface area contributed by atoms with Crippen LogP contribution in [0.5, 0.6) is 0 Å². The monoisotopic (exact) mass is 757 g/mol. The van der Waals surface area contributed by atoms with Gasteiger partial charge < -0.3 is 4.90 Å². The minimum atomic E-state index is -0.331. The maximum atomic E-state index is 7.15. The molecule has 52 radical (unpaired) electrons. The molecule has 0 spiro atoms. The lowest BCUT2D eigenvalue weighted by Gasteiger charge is -2.40. The van der Waals surface area contributed by atoms with Crippen molar-refractivity contribution < 1.29 is 0 Å². The summed E-state index contributed by atoms with van der Waals surface area (Å²) in [5, 5.41) is 0.712. The smallest absolute Gasteiger partial charge is 0.117 e. The second-order valence-corrected chi connectivity index (χ2v) is 15.4. The van der Waals surface area contributed by atoms with Crippen LogP contribution in [0.4, 0.5) is 17.1 Å². The van der Waals surface area contributed by atoms with E-state index in [1.807, 2.05) is 0 Å². The van der Waals surface area contributed by atoms with E-state index in [4.69, 9.17) is 204 Å². The summed E-state index contributed by atoms with van der Waals surface area (Å²) in [6.45, 7) is 0. The number of anilines is 3. The maximum absolute atomic E-state index is 7.15. The summed E-state index contributed by atoms with van der Waals surface area (Å²) in [5.74, 6) is 0. The predicted octanol–water partition coefficient (Wildman–Crippen LogP) is -20.6. The third kappa shape index (κ3) is 6.97. The van der Waals surface area contributed by atoms with Crippen LogP contribution in [0.15, 0.2) is 6.07 Å². The Labute approximate surface area is 415 Å². The largest absolute Gasteiger partial charge is 0.314 e. The summed E-state index contributed by atoms with van der Waals surface area (Å²) < 4.78 is 0. The van der Waals surface area contributed by atoms with E-state index in [2.05, 4.69) is 0 Å². The highest BCUT2D eigenvalue weighted by Crippen LogP contribution is 2.30. The highest BCUT2D eigenvalue weighted by atomic mass is 15.2. The molecular weight excluding hydrogens is 752 g/mol. The standard InChI is InChI=1S/C38HB26N/c39-3-1-2-4(6-5(3)13(42)23(52)24(53)14(6)43)12(41)31(60)36(11(2)40)65(37-32(61)19(48)9(20(49)33(37)62)7-15(44)25(54)29(58)26(55)16(7)45)38-34(63)21(50)10(22(51)35(38)64)8-17(46)27(56)30(59)28(57)18(8)47/h1H. The van der Waals surface area contributed by atoms with Gasteiger partial charge in [0.25, 0.3) is 0 Å². The molecule has 0 saturated carbocycles. The summed E-state index contributed by atoms with van der Waals surface area (Å²) in [5.41, 5.74) is -5.30. The lowest BCUT2D eigenvalue weighted by molar-refractivity contribution is 1.37. The Morgan fingerprint density at radius 1 is 0.200 bits per heavy atom. The van der Waals surface area contributed by atoms with E-state index < -0.39 is 0 Å². The molecule has 0 aliphatic rings. The number of benzene rings is 7. The Bertz CT molecular complexity index is 3090. The zero-order valence-corrected chi connectivity index (χ0v) is 34.5. The van der Waals surface area contributed by atoms with Gasteiger partial charge in [-0.1, -0.05) is 104 Å². The van der Waals surface area contributed by atoms with Gasteiger partial charge in [-0.15, -0.1) is 43.7 Å². The first-order valence-electron chi connectivity index (χ1n) is 18.8. The summed E-state index contributed by atoms with van der Waals surface area (Å²) in [6.07, 6.45) is 0. The van der Waals surface area contributed by atoms with Crippen LogP contribution in [0, 0.1) is 0 Å². The minimum absolute atomic E-state index is 0.0155. The Morgan fingerprint density at radius 2 is 0.415 bits per heavy atom. The number of fused-ring (bicyclic) bond motifs is 3. The lowest BCUT2D eigenvalue weighted by Crippen LogP contribution is -2.58. The molecule has 0 amide bonds. The molecule has 0 bridgehead atoms. The van der Waals surface area contributed by atoms with Gasteiger partial charge >= 0.3 is 0 Å². The summed E-state index contributed by atoms with van der Waals surface area (Å²) in [7, 11) is 172. The second-order valence-electron chi connectivity index (χ2n) is 15.4. The van der Waals surface area contributed by atoms with E-state index in [-0.39, 0.29) is 203 Å². The molecule has 27 heteroatoms. The fourth-order valence-corrected chi connectivity index (χ4v) is 8.31. The Kier molecular flexibility index (Phi) is 13.1. The quantitative estimate of drug-likeness (QED) is 0.125. The van der Waals surface area contributed by atoms with E-state index in [1.54, 1.807) is 0 Å². The average Bonchev–Trinajstić information content (AvgIpc) is 3.27. The molecule has 0 heterocycles. The molecule has 0 aliphatic carbocycles. The topological polar surface area (TPSA) is 3.24 Å². The molecule has 0 aromatic heterocycles. The fraction of sp³-hybridized carbons (Fsp3) is 0. The van der Waals surface area contributed by atoms with E-state index in [0.717, 1.165) is 0 Å². The normalized spacial score (nSPS) is 11.4. The molecule has 65 heavy (non-hydrogen) atoms. The molecule has 236 valence electrons. The molecule has 7 aromatic rings. The first kappa shape index (κ1) is 49.5. The van der Waals surface area contributed by atoms with Crippen molar-refractivity contribution in [1.29, 1.82) is 0 Å². The molecule has 0 unspecified atom stereocenters. The minimum Gasteiger partial charge on any atom is -0.314 e. The predicted molar refractivity (Wildman–Crippen MR) is 307 cm³/mol. The van der Waals surface area contributed by atoms with Gasteiger partial charge in [-0.25, -0.2) is 0 Å². The summed E-state index contributed by atoms with van der Waals surface area (Å²) >= 11 is 0. The van der Waals surface area contributed by atoms with Gasteiger partial charge in [0.1, 0.15) is 204 Å². The number of rotatable bonds is 5. The Balaban J connectivity index is 1.71. The Morgan fingerprint density at radius 3 is 0.738 bits per heavy atom. The molecule has 0 saturated heterocycles. The maximum Gasteiger partial charge on any atom is 0.117 e. The van der Waals surface area contributed by atoms with E-state index in [0.29, 0.717) is 0 Å². The van der Waals surface area contributed by atoms with Gasteiger partial charge in [-0.05, 0) is 43.8 Å². The number of hydrogen-bond acceptors (Lipinski definition) is 1. The van der Waals surface area contributed by atoms with Crippen LogP contribution in [-0.2, 0) is 0 Å². The van der Waals surface area contributed by atoms with Crippen molar-refractivity contribution in [1.82, 2.24) is 0 Å². The zero-order chi connectivity index (χ0) is 48.6. The molecule has 0 aliphatic heterocycles. The third-order valence-electron chi connectivity index (χ3n) is 12.0. The van der Waals surface area contributed by atoms with Gasteiger partial charge in [0.05, 0.1) is 0 Å². The van der Waals surface area contributed by atoms with Crippen molar-refractivity contribution in [3.8, 4) is 22.3 Å². The van der Waals surface area contributed by atoms with Crippen molar-refractivity contribution in [3.05, 3.63) is 6.07 Å². The van der Waals surface area contributed by atoms with Gasteiger partial charge in [-0.3, -0.25) is 0 Å². The van der Waals surface area contributed by atoms with Gasteiger partial charge in [-0.2, -0.15) is 0 Å². The van der Waals surface area contributed by atoms with Crippen LogP contribution in [0.25, 0.3) is 43.8 Å². The van der Waals surface area contributed by atoms with Crippen LogP contribution in [0.3, 0.4) is 0 Å². The van der Waals surface area contributed by atoms with E-state index in [9.17, 15) is 0 Å². The molecule has 7 aromatic carbocycles. The van der Waals surface area contributed by atoms with Crippen LogP contribution < -0.4 is 147 Å². The van der Waals surface area contributed by atoms with Crippen LogP contribution in [0.2, 0.25) is 0 Å². The fourth-order valence-electron chi connectivity index (χ4n) is 8.31. The molecule has 1 nitrogen and oxygen atoms in total. The first-order valence-corrected chi connectivity index (χ1v) is 18.8. The third-order valence-corrected chi connectivity index (χ3v) is 12.0. The van der Waals surface area contributed by atoms with Crippen LogP contribution >= 0.6 is 0 Å². The van der Waals surface area contributed by atoms with Crippen molar-refractivity contribution in [2.45, 2.75) is 0 Å². The van der Waals surface area contributed by atoms with E-state index >= 15 is 0 Å². The molecule has 7 rings (SSSR count). The van der Waals surface area contributed by atoms with Crippen LogP contribution in [-0.4, -0.2) is 204 Å². The average molecular weight is 753 g/mol. The van der Waals surface area contributed by atoms with Crippen molar-refractivity contribution in [3.63, 3.8) is 0 Å². The molecular formula is C38HB26N. The lowest BCUT2D eigenvalue weighted by atomic mass is 9.56. The molecule has 0 fully saturated rings. The Hall–Kier alpha value is -3.45. The summed E-state index contributed by atoms with van der Waals surface area (Å²) in [6, 6.07) is 1.45. The van der Waals surface area contributed by atoms with Crippen molar-refractivity contribution in [2.24, 2.45) is 0 Å². The molecule has 0 atom stereocenters. The summed E-state index contributed by atoms with van der Waals surface area (Å²) in [4.78, 5) is 1.20. The first-order chi connectivity index (χ1) is 30.2. The van der Waals surface area contributed by atoms with Gasteiger partial charge in [0.15, 0.2) is 0 Å². The van der Waals surface area contributed by atoms with E-state index in [1.165, 1.54) is 11.0 Å². The second kappa shape index (κ2) is 17.3. The number of hydrogen-bond donors (Lipinski definition) is 0. The van der Waals surface area contributed by atoms with Crippen LogP contribution in [0.1, 0.15) is 0 Å². The molecule has 0 N–H and O–H groups in total. The van der Waals surface area contributed by atoms with Gasteiger partial charge in [0.2, 0.25) is 0 Å². The van der Waals surface area contributed by atoms with Crippen molar-refractivity contribution >= 4 is 385 Å². The van der Waals surface area contributed by atoms with Gasteiger partial charge in [0, 0.05) is 17.1 Å². The SMILES string of the molecule is [B]c1c([B])c([B])c(-c2c([B])c([B])c(N(c3c([B])c([B])c(-c4c([B])c([B])c([B])c([B])c4[B])c([B])c3[B])c3c([B])c([B])c4c(cc([B])c5c([B])c([B])c([B])c([B])c54)c3[B])c([B])c2[B])c([B])c1[B]. The zero-order valence-electron chi connectivity index (χ0n) is 34.5. The number of nitrogens with zero attached hydrogens (tertiary/aromatic N) is 1. The highest BCUT2D eigenvalue weighted by Gasteiger charge is 2.31. The van der Waals surface area contributed by atoms with Crippen molar-refractivity contribution in [2.75, 3.05) is 4.90 Å².